The summed E-state index contributed by atoms with van der Waals surface area (Å²) in [6.45, 7) is -0.345. The standard InChI is InChI=1S/C14H13FN2O3/c15-14(13(19)20)6-8-17(9-14)12(18)11-3-1-10(2-4-11)5-7-16/h1-4H,5-6,8-9H2,(H,19,20). The van der Waals surface area contributed by atoms with Gasteiger partial charge < -0.3 is 10.0 Å². The number of carbonyl (C=O) groups is 2. The van der Waals surface area contributed by atoms with E-state index in [1.807, 2.05) is 6.07 Å². The fourth-order valence-electron chi connectivity index (χ4n) is 2.16. The fourth-order valence-corrected chi connectivity index (χ4v) is 2.16. The van der Waals surface area contributed by atoms with E-state index >= 15 is 0 Å². The van der Waals surface area contributed by atoms with Gasteiger partial charge in [-0.3, -0.25) is 4.79 Å². The average molecular weight is 276 g/mol. The first kappa shape index (κ1) is 14.0. The minimum Gasteiger partial charge on any atom is -0.479 e. The van der Waals surface area contributed by atoms with Gasteiger partial charge >= 0.3 is 5.97 Å². The molecule has 1 atom stereocenters. The quantitative estimate of drug-likeness (QED) is 0.904. The van der Waals surface area contributed by atoms with E-state index < -0.39 is 24.1 Å². The van der Waals surface area contributed by atoms with Crippen LogP contribution in [0.3, 0.4) is 0 Å². The number of amides is 1. The summed E-state index contributed by atoms with van der Waals surface area (Å²) >= 11 is 0. The van der Waals surface area contributed by atoms with Gasteiger partial charge in [0.05, 0.1) is 19.0 Å². The summed E-state index contributed by atoms with van der Waals surface area (Å²) in [4.78, 5) is 24.1. The highest BCUT2D eigenvalue weighted by Gasteiger charge is 2.46. The SMILES string of the molecule is N#CCc1ccc(C(=O)N2CCC(F)(C(=O)O)C2)cc1. The summed E-state index contributed by atoms with van der Waals surface area (Å²) in [5.74, 6) is -1.92. The lowest BCUT2D eigenvalue weighted by Crippen LogP contribution is -2.38. The maximum atomic E-state index is 13.9. The molecule has 20 heavy (non-hydrogen) atoms. The monoisotopic (exact) mass is 276 g/mol. The van der Waals surface area contributed by atoms with Crippen molar-refractivity contribution >= 4 is 11.9 Å². The lowest BCUT2D eigenvalue weighted by atomic mass is 10.1. The first-order chi connectivity index (χ1) is 9.46. The maximum Gasteiger partial charge on any atom is 0.343 e. The van der Waals surface area contributed by atoms with Gasteiger partial charge in [-0.2, -0.15) is 5.26 Å². The second-order valence-corrected chi connectivity index (χ2v) is 4.78. The number of aliphatic carboxylic acids is 1. The Bertz CT molecular complexity index is 579. The number of hydrogen-bond acceptors (Lipinski definition) is 3. The summed E-state index contributed by atoms with van der Waals surface area (Å²) in [6.07, 6.45) is 0.0609. The normalized spacial score (nSPS) is 21.5. The number of carboxylic acid groups (broad SMARTS) is 1. The van der Waals surface area contributed by atoms with E-state index in [1.165, 1.54) is 4.90 Å². The minimum atomic E-state index is -2.35. The molecule has 1 N–H and O–H groups in total. The van der Waals surface area contributed by atoms with Crippen molar-refractivity contribution in [2.75, 3.05) is 13.1 Å². The number of halogens is 1. The van der Waals surface area contributed by atoms with Gasteiger partial charge in [-0.15, -0.1) is 0 Å². The summed E-state index contributed by atoms with van der Waals surface area (Å²) in [5, 5.41) is 17.4. The summed E-state index contributed by atoms with van der Waals surface area (Å²) in [7, 11) is 0. The number of carbonyl (C=O) groups excluding carboxylic acids is 1. The third-order valence-electron chi connectivity index (χ3n) is 3.37. The highest BCUT2D eigenvalue weighted by atomic mass is 19.1. The molecule has 1 saturated heterocycles. The Morgan fingerprint density at radius 3 is 2.55 bits per heavy atom. The Morgan fingerprint density at radius 2 is 2.05 bits per heavy atom. The molecule has 1 fully saturated rings. The molecule has 0 saturated carbocycles. The number of alkyl halides is 1. The molecule has 0 aromatic heterocycles. The molecule has 1 aromatic rings. The van der Waals surface area contributed by atoms with Crippen LogP contribution in [0.1, 0.15) is 22.3 Å². The largest absolute Gasteiger partial charge is 0.479 e. The van der Waals surface area contributed by atoms with E-state index in [0.717, 1.165) is 5.56 Å². The van der Waals surface area contributed by atoms with E-state index in [4.69, 9.17) is 10.4 Å². The zero-order valence-electron chi connectivity index (χ0n) is 10.7. The first-order valence-electron chi connectivity index (χ1n) is 6.14. The molecule has 1 aliphatic rings. The van der Waals surface area contributed by atoms with E-state index in [1.54, 1.807) is 24.3 Å². The predicted octanol–water partition coefficient (Wildman–Crippen LogP) is 1.39. The van der Waals surface area contributed by atoms with E-state index in [-0.39, 0.29) is 19.4 Å². The summed E-state index contributed by atoms with van der Waals surface area (Å²) < 4.78 is 13.9. The number of nitrogens with zero attached hydrogens (tertiary/aromatic N) is 2. The van der Waals surface area contributed by atoms with Crippen molar-refractivity contribution in [3.63, 3.8) is 0 Å². The second-order valence-electron chi connectivity index (χ2n) is 4.78. The van der Waals surface area contributed by atoms with Crippen LogP contribution >= 0.6 is 0 Å². The molecule has 5 nitrogen and oxygen atoms in total. The van der Waals surface area contributed by atoms with Crippen molar-refractivity contribution < 1.29 is 19.1 Å². The molecular weight excluding hydrogens is 263 g/mol. The van der Waals surface area contributed by atoms with Crippen molar-refractivity contribution in [1.82, 2.24) is 4.90 Å². The zero-order valence-corrected chi connectivity index (χ0v) is 10.7. The van der Waals surface area contributed by atoms with Crippen LogP contribution in [0.5, 0.6) is 0 Å². The van der Waals surface area contributed by atoms with E-state index in [2.05, 4.69) is 0 Å². The van der Waals surface area contributed by atoms with Crippen LogP contribution in [0, 0.1) is 11.3 Å². The van der Waals surface area contributed by atoms with Crippen molar-refractivity contribution in [2.24, 2.45) is 0 Å². The van der Waals surface area contributed by atoms with Gasteiger partial charge in [0.2, 0.25) is 5.67 Å². The third kappa shape index (κ3) is 2.62. The first-order valence-corrected chi connectivity index (χ1v) is 6.14. The van der Waals surface area contributed by atoms with Gasteiger partial charge in [-0.1, -0.05) is 12.1 Å². The molecule has 1 unspecified atom stereocenters. The highest BCUT2D eigenvalue weighted by Crippen LogP contribution is 2.27. The van der Waals surface area contributed by atoms with Crippen LogP contribution in [-0.2, 0) is 11.2 Å². The van der Waals surface area contributed by atoms with Crippen molar-refractivity contribution in [2.45, 2.75) is 18.5 Å². The molecule has 1 aromatic carbocycles. The molecule has 1 amide bonds. The number of hydrogen-bond donors (Lipinski definition) is 1. The van der Waals surface area contributed by atoms with Gasteiger partial charge in [0.1, 0.15) is 0 Å². The van der Waals surface area contributed by atoms with Crippen LogP contribution in [0.2, 0.25) is 0 Å². The van der Waals surface area contributed by atoms with Crippen LogP contribution in [0.25, 0.3) is 0 Å². The van der Waals surface area contributed by atoms with Crippen LogP contribution in [0.4, 0.5) is 4.39 Å². The molecule has 0 spiro atoms. The molecule has 104 valence electrons. The number of nitriles is 1. The third-order valence-corrected chi connectivity index (χ3v) is 3.37. The maximum absolute atomic E-state index is 13.9. The van der Waals surface area contributed by atoms with Crippen LogP contribution in [-0.4, -0.2) is 40.6 Å². The van der Waals surface area contributed by atoms with Crippen molar-refractivity contribution in [3.8, 4) is 6.07 Å². The molecule has 1 aliphatic heterocycles. The zero-order chi connectivity index (χ0) is 14.8. The number of likely N-dealkylation sites (tertiary alicyclic amines) is 1. The summed E-state index contributed by atoms with van der Waals surface area (Å²) in [5.41, 5.74) is -1.20. The fraction of sp³-hybridized carbons (Fsp3) is 0.357. The van der Waals surface area contributed by atoms with Gasteiger partial charge in [-0.05, 0) is 17.7 Å². The van der Waals surface area contributed by atoms with E-state index in [9.17, 15) is 14.0 Å². The second kappa shape index (κ2) is 5.29. The van der Waals surface area contributed by atoms with Crippen LogP contribution in [0.15, 0.2) is 24.3 Å². The molecule has 2 rings (SSSR count). The topological polar surface area (TPSA) is 81.4 Å². The number of benzene rings is 1. The Kier molecular flexibility index (Phi) is 3.70. The summed E-state index contributed by atoms with van der Waals surface area (Å²) in [6, 6.07) is 8.45. The Labute approximate surface area is 115 Å². The molecule has 1 heterocycles. The average Bonchev–Trinajstić information content (AvgIpc) is 2.83. The van der Waals surface area contributed by atoms with Gasteiger partial charge in [0.15, 0.2) is 0 Å². The van der Waals surface area contributed by atoms with Crippen molar-refractivity contribution in [3.05, 3.63) is 35.4 Å². The van der Waals surface area contributed by atoms with Crippen LogP contribution < -0.4 is 0 Å². The highest BCUT2D eigenvalue weighted by molar-refractivity contribution is 5.95. The van der Waals surface area contributed by atoms with E-state index in [0.29, 0.717) is 5.56 Å². The lowest BCUT2D eigenvalue weighted by molar-refractivity contribution is -0.149. The predicted molar refractivity (Wildman–Crippen MR) is 67.8 cm³/mol. The minimum absolute atomic E-state index is 0.0849. The van der Waals surface area contributed by atoms with Gasteiger partial charge in [0.25, 0.3) is 5.91 Å². The van der Waals surface area contributed by atoms with Crippen molar-refractivity contribution in [1.29, 1.82) is 5.26 Å². The number of rotatable bonds is 3. The Morgan fingerprint density at radius 1 is 1.40 bits per heavy atom. The smallest absolute Gasteiger partial charge is 0.343 e. The van der Waals surface area contributed by atoms with Gasteiger partial charge in [0, 0.05) is 18.5 Å². The molecule has 0 radical (unpaired) electrons. The lowest BCUT2D eigenvalue weighted by Gasteiger charge is -2.17. The molecular formula is C14H13FN2O3. The number of carboxylic acids is 1. The molecule has 0 bridgehead atoms. The van der Waals surface area contributed by atoms with Gasteiger partial charge in [-0.25, -0.2) is 9.18 Å². The molecule has 0 aliphatic carbocycles. The Balaban J connectivity index is 2.09. The molecule has 6 heteroatoms. The Hall–Kier alpha value is -2.42.